The number of rotatable bonds is 12. The smallest absolute Gasteiger partial charge is 0.164 e. The van der Waals surface area contributed by atoms with Gasteiger partial charge in [0.25, 0.3) is 0 Å². The topological polar surface area (TPSA) is 43.6 Å². The van der Waals surface area contributed by atoms with Crippen molar-refractivity contribution in [3.63, 3.8) is 0 Å². The first-order valence-corrected chi connectivity index (χ1v) is 29.2. The van der Waals surface area contributed by atoms with Crippen molar-refractivity contribution in [1.82, 2.24) is 19.5 Å². The normalized spacial score (nSPS) is 13.3. The fraction of sp³-hybridized carbons (Fsp3) is 0.0247. The maximum atomic E-state index is 5.47. The van der Waals surface area contributed by atoms with E-state index in [2.05, 4.69) is 290 Å². The van der Waals surface area contributed by atoms with Gasteiger partial charge in [-0.25, -0.2) is 15.0 Å². The van der Waals surface area contributed by atoms with E-state index in [0.717, 1.165) is 100 Å². The van der Waals surface area contributed by atoms with Gasteiger partial charge in [0.2, 0.25) is 0 Å². The fourth-order valence-electron chi connectivity index (χ4n) is 12.5. The first kappa shape index (κ1) is 50.9. The van der Waals surface area contributed by atoms with Crippen molar-refractivity contribution < 1.29 is 0 Å². The van der Waals surface area contributed by atoms with Crippen LogP contribution in [-0.4, -0.2) is 19.5 Å². The molecular weight excluding hydrogens is 1030 g/mol. The second-order valence-corrected chi connectivity index (χ2v) is 21.8. The molecule has 2 aromatic heterocycles. The van der Waals surface area contributed by atoms with Gasteiger partial charge in [0, 0.05) is 50.2 Å². The zero-order chi connectivity index (χ0) is 56.5. The molecule has 0 saturated heterocycles. The Morgan fingerprint density at radius 1 is 0.271 bits per heavy atom. The van der Waals surface area contributed by atoms with Crippen LogP contribution in [0.1, 0.15) is 29.3 Å². The average molecular weight is 1090 g/mol. The predicted molar refractivity (Wildman–Crippen MR) is 354 cm³/mol. The van der Waals surface area contributed by atoms with Crippen LogP contribution in [0.2, 0.25) is 0 Å². The summed E-state index contributed by atoms with van der Waals surface area (Å²) in [5.41, 5.74) is 23.5. The highest BCUT2D eigenvalue weighted by atomic mass is 15.0. The molecule has 85 heavy (non-hydrogen) atoms. The monoisotopic (exact) mass is 1080 g/mol. The molecule has 0 N–H and O–H groups in total. The molecule has 0 fully saturated rings. The van der Waals surface area contributed by atoms with Gasteiger partial charge in [-0.2, -0.15) is 0 Å². The van der Waals surface area contributed by atoms with Gasteiger partial charge < -0.3 is 4.57 Å². The molecule has 0 radical (unpaired) electrons. The van der Waals surface area contributed by atoms with Crippen LogP contribution in [0.5, 0.6) is 0 Å². The van der Waals surface area contributed by atoms with E-state index in [-0.39, 0.29) is 5.92 Å². The third-order valence-electron chi connectivity index (χ3n) is 16.6. The van der Waals surface area contributed by atoms with Gasteiger partial charge in [0.15, 0.2) is 17.5 Å². The molecule has 0 spiro atoms. The molecule has 15 rings (SSSR count). The maximum absolute atomic E-state index is 5.47. The summed E-state index contributed by atoms with van der Waals surface area (Å²) >= 11 is 0. The van der Waals surface area contributed by atoms with Gasteiger partial charge in [0.1, 0.15) is 0 Å². The van der Waals surface area contributed by atoms with E-state index < -0.39 is 0 Å². The molecule has 0 amide bonds. The van der Waals surface area contributed by atoms with Gasteiger partial charge >= 0.3 is 0 Å². The Labute approximate surface area is 495 Å². The summed E-state index contributed by atoms with van der Waals surface area (Å²) in [5, 5.41) is 2.34. The Balaban J connectivity index is 1.12. The van der Waals surface area contributed by atoms with Crippen LogP contribution in [0.25, 0.3) is 128 Å². The predicted octanol–water partition coefficient (Wildman–Crippen LogP) is 21.0. The van der Waals surface area contributed by atoms with E-state index in [9.17, 15) is 0 Å². The minimum absolute atomic E-state index is 0.237. The number of hydrogen-bond donors (Lipinski definition) is 0. The summed E-state index contributed by atoms with van der Waals surface area (Å²) in [5.74, 6) is 1.67. The molecule has 400 valence electrons. The highest BCUT2D eigenvalue weighted by Crippen LogP contribution is 2.53. The molecule has 1 aliphatic carbocycles. The van der Waals surface area contributed by atoms with Crippen molar-refractivity contribution >= 4 is 38.6 Å². The third kappa shape index (κ3) is 9.86. The van der Waals surface area contributed by atoms with Crippen LogP contribution in [0.3, 0.4) is 0 Å². The van der Waals surface area contributed by atoms with E-state index >= 15 is 0 Å². The van der Waals surface area contributed by atoms with Gasteiger partial charge in [-0.05, 0) is 109 Å². The van der Waals surface area contributed by atoms with Crippen molar-refractivity contribution in [3.8, 4) is 89.5 Å². The molecule has 0 saturated carbocycles. The molecular formula is C81H56N4. The van der Waals surface area contributed by atoms with Crippen LogP contribution in [-0.2, 0) is 0 Å². The second kappa shape index (κ2) is 22.4. The minimum Gasteiger partial charge on any atom is -0.310 e. The Kier molecular flexibility index (Phi) is 13.4. The number of hydrogen-bond acceptors (Lipinski definition) is 3. The van der Waals surface area contributed by atoms with E-state index in [1.54, 1.807) is 0 Å². The molecule has 0 unspecified atom stereocenters. The summed E-state index contributed by atoms with van der Waals surface area (Å²) in [4.78, 5) is 16.1. The van der Waals surface area contributed by atoms with Crippen LogP contribution in [0, 0.1) is 0 Å². The lowest BCUT2D eigenvalue weighted by molar-refractivity contribution is 0.835. The standard InChI is InChI=1S/C81H56N4/c1-9-25-55(26-10-1)59-41-45-63(46-42-59)72-53-69(81-83-79(65-37-21-7-22-38-65)82-80(84-81)66-39-23-8-24-40-66)54-73(64-47-43-60(44-48-64)56-27-11-2-12-28-56)76(72)85-77-70(61-33-17-5-18-34-61)49-67(57-29-13-3-14-30-57)51-74(77)75-52-68(58-31-15-4-16-32-58)50-71(78(75)85)62-35-19-6-20-36-62/h1-53,73H,54H2/t73-/m1/s1. The van der Waals surface area contributed by atoms with E-state index in [0.29, 0.717) is 23.9 Å². The molecule has 2 heterocycles. The number of nitrogens with zero attached hydrogens (tertiary/aromatic N) is 4. The number of fused-ring (bicyclic) bond motifs is 3. The average Bonchev–Trinajstić information content (AvgIpc) is 1.77. The van der Waals surface area contributed by atoms with Gasteiger partial charge in [-0.1, -0.05) is 291 Å². The lowest BCUT2D eigenvalue weighted by Crippen LogP contribution is -2.17. The van der Waals surface area contributed by atoms with Crippen molar-refractivity contribution in [2.24, 2.45) is 0 Å². The minimum atomic E-state index is -0.237. The van der Waals surface area contributed by atoms with Crippen LogP contribution >= 0.6 is 0 Å². The Morgan fingerprint density at radius 3 is 0.965 bits per heavy atom. The molecule has 14 aromatic rings. The van der Waals surface area contributed by atoms with E-state index in [4.69, 9.17) is 15.0 Å². The molecule has 1 atom stereocenters. The van der Waals surface area contributed by atoms with Gasteiger partial charge in [0.05, 0.1) is 11.0 Å². The fourth-order valence-corrected chi connectivity index (χ4v) is 12.5. The van der Waals surface area contributed by atoms with Crippen molar-refractivity contribution in [2.45, 2.75) is 12.3 Å². The van der Waals surface area contributed by atoms with Crippen molar-refractivity contribution in [3.05, 3.63) is 338 Å². The summed E-state index contributed by atoms with van der Waals surface area (Å²) < 4.78 is 2.68. The molecule has 0 aliphatic heterocycles. The third-order valence-corrected chi connectivity index (χ3v) is 16.6. The van der Waals surface area contributed by atoms with Crippen LogP contribution in [0.15, 0.2) is 322 Å². The Morgan fingerprint density at radius 2 is 0.576 bits per heavy atom. The molecule has 4 nitrogen and oxygen atoms in total. The van der Waals surface area contributed by atoms with Gasteiger partial charge in [-0.15, -0.1) is 0 Å². The Hall–Kier alpha value is -11.1. The SMILES string of the molecule is C1=C(c2nc(-c3ccccc3)nc(-c3ccccc3)n2)C[C@H](c2ccc(-c3ccccc3)cc2)C(n2c3c(-c4ccccc4)cc(-c4ccccc4)cc3c3cc(-c4ccccc4)cc(-c4ccccc4)c32)=C1c1ccc(-c2ccccc2)cc1. The molecule has 4 heteroatoms. The molecule has 1 aliphatic rings. The highest BCUT2D eigenvalue weighted by Gasteiger charge is 2.34. The second-order valence-electron chi connectivity index (χ2n) is 21.8. The lowest BCUT2D eigenvalue weighted by atomic mass is 9.79. The van der Waals surface area contributed by atoms with Gasteiger partial charge in [-0.3, -0.25) is 0 Å². The zero-order valence-corrected chi connectivity index (χ0v) is 46.7. The van der Waals surface area contributed by atoms with E-state index in [1.165, 1.54) is 27.6 Å². The molecule has 0 bridgehead atoms. The summed E-state index contributed by atoms with van der Waals surface area (Å²) in [7, 11) is 0. The largest absolute Gasteiger partial charge is 0.310 e. The summed E-state index contributed by atoms with van der Waals surface area (Å²) in [6, 6.07) is 114. The lowest BCUT2D eigenvalue weighted by Gasteiger charge is -2.32. The van der Waals surface area contributed by atoms with Crippen LogP contribution < -0.4 is 0 Å². The number of aromatic nitrogens is 4. The zero-order valence-electron chi connectivity index (χ0n) is 46.7. The first-order valence-electron chi connectivity index (χ1n) is 29.2. The number of allylic oxidation sites excluding steroid dienone is 4. The Bertz CT molecular complexity index is 4560. The summed E-state index contributed by atoms with van der Waals surface area (Å²) in [6.07, 6.45) is 2.99. The maximum Gasteiger partial charge on any atom is 0.164 e. The quantitative estimate of drug-likeness (QED) is 0.122. The van der Waals surface area contributed by atoms with Crippen molar-refractivity contribution in [1.29, 1.82) is 0 Å². The first-order chi connectivity index (χ1) is 42.1. The van der Waals surface area contributed by atoms with Crippen molar-refractivity contribution in [2.75, 3.05) is 0 Å². The van der Waals surface area contributed by atoms with E-state index in [1.807, 2.05) is 36.4 Å². The van der Waals surface area contributed by atoms with Crippen LogP contribution in [0.4, 0.5) is 0 Å². The number of benzene rings is 12. The highest BCUT2D eigenvalue weighted by molar-refractivity contribution is 6.21. The molecule has 12 aromatic carbocycles. The summed E-state index contributed by atoms with van der Waals surface area (Å²) in [6.45, 7) is 0.